The van der Waals surface area contributed by atoms with Crippen LogP contribution in [0.4, 0.5) is 5.82 Å². The van der Waals surface area contributed by atoms with Crippen LogP contribution in [0, 0.1) is 0 Å². The van der Waals surface area contributed by atoms with Crippen molar-refractivity contribution in [3.05, 3.63) is 113 Å². The van der Waals surface area contributed by atoms with Gasteiger partial charge in [0.25, 0.3) is 0 Å². The molecular weight excluding hydrogens is 454 g/mol. The number of ether oxygens (including phenoxy) is 2. The van der Waals surface area contributed by atoms with Crippen LogP contribution in [0.15, 0.2) is 96.1 Å². The Morgan fingerprint density at radius 3 is 2.08 bits per heavy atom. The highest BCUT2D eigenvalue weighted by Gasteiger charge is 2.19. The minimum atomic E-state index is -0.279. The second-order valence-electron chi connectivity index (χ2n) is 8.32. The molecule has 0 amide bonds. The van der Waals surface area contributed by atoms with E-state index in [0.717, 1.165) is 11.1 Å². The van der Waals surface area contributed by atoms with Gasteiger partial charge >= 0.3 is 5.69 Å². The first-order valence-corrected chi connectivity index (χ1v) is 11.7. The smallest absolute Gasteiger partial charge is 0.332 e. The molecule has 5 aromatic rings. The summed E-state index contributed by atoms with van der Waals surface area (Å²) in [4.78, 5) is 27.3. The minimum absolute atomic E-state index is 0.279. The van der Waals surface area contributed by atoms with Gasteiger partial charge in [0.2, 0.25) is 0 Å². The normalized spacial score (nSPS) is 11.0. The van der Waals surface area contributed by atoms with Crippen LogP contribution in [0.1, 0.15) is 11.1 Å². The van der Waals surface area contributed by atoms with E-state index in [9.17, 15) is 4.79 Å². The van der Waals surface area contributed by atoms with Gasteiger partial charge in [-0.3, -0.25) is 0 Å². The summed E-state index contributed by atoms with van der Waals surface area (Å²) in [6.45, 7) is 2.22. The molecule has 0 saturated carbocycles. The van der Waals surface area contributed by atoms with Gasteiger partial charge in [0.1, 0.15) is 24.2 Å². The molecule has 2 aromatic heterocycles. The van der Waals surface area contributed by atoms with Crippen LogP contribution in [0.2, 0.25) is 0 Å². The van der Waals surface area contributed by atoms with Gasteiger partial charge in [0.05, 0.1) is 12.3 Å². The predicted octanol–water partition coefficient (Wildman–Crippen LogP) is 4.34. The first-order valence-electron chi connectivity index (χ1n) is 11.7. The standard InChI is InChI=1S/C28H27N5O3/c1-35-16-17-36-24-14-12-23(13-15-24)33-27-25(31-28(33)34)26(29-20-30-27)32(18-21-8-4-2-5-9-21)19-22-10-6-3-7-11-22/h2-15,20H,16-19H2,1H3,(H,31,34). The number of benzene rings is 3. The van der Waals surface area contributed by atoms with E-state index in [0.29, 0.717) is 54.7 Å². The van der Waals surface area contributed by atoms with Crippen molar-refractivity contribution in [2.24, 2.45) is 0 Å². The molecule has 0 saturated heterocycles. The van der Waals surface area contributed by atoms with Crippen LogP contribution in [0.5, 0.6) is 5.75 Å². The quantitative estimate of drug-likeness (QED) is 0.299. The summed E-state index contributed by atoms with van der Waals surface area (Å²) < 4.78 is 12.2. The summed E-state index contributed by atoms with van der Waals surface area (Å²) in [5, 5.41) is 0. The molecule has 8 nitrogen and oxygen atoms in total. The molecule has 0 fully saturated rings. The third-order valence-corrected chi connectivity index (χ3v) is 5.84. The van der Waals surface area contributed by atoms with E-state index < -0.39 is 0 Å². The number of rotatable bonds is 10. The fourth-order valence-electron chi connectivity index (χ4n) is 4.13. The molecule has 0 aliphatic rings. The number of nitrogens with one attached hydrogen (secondary N) is 1. The number of methoxy groups -OCH3 is 1. The van der Waals surface area contributed by atoms with E-state index in [1.807, 2.05) is 60.7 Å². The van der Waals surface area contributed by atoms with Gasteiger partial charge in [-0.15, -0.1) is 0 Å². The highest BCUT2D eigenvalue weighted by Crippen LogP contribution is 2.26. The number of aromatic amines is 1. The maximum absolute atomic E-state index is 13.1. The molecule has 0 bridgehead atoms. The predicted molar refractivity (Wildman–Crippen MR) is 140 cm³/mol. The highest BCUT2D eigenvalue weighted by atomic mass is 16.5. The van der Waals surface area contributed by atoms with Crippen molar-refractivity contribution in [3.63, 3.8) is 0 Å². The van der Waals surface area contributed by atoms with Crippen molar-refractivity contribution in [1.82, 2.24) is 19.5 Å². The molecule has 182 valence electrons. The van der Waals surface area contributed by atoms with E-state index in [-0.39, 0.29) is 5.69 Å². The Kier molecular flexibility index (Phi) is 7.05. The number of H-pyrrole nitrogens is 1. The number of hydrogen-bond acceptors (Lipinski definition) is 6. The largest absolute Gasteiger partial charge is 0.491 e. The Bertz CT molecular complexity index is 1420. The highest BCUT2D eigenvalue weighted by molar-refractivity contribution is 5.84. The van der Waals surface area contributed by atoms with Gasteiger partial charge in [-0.25, -0.2) is 19.3 Å². The minimum Gasteiger partial charge on any atom is -0.491 e. The molecule has 3 aromatic carbocycles. The van der Waals surface area contributed by atoms with Crippen LogP contribution in [-0.2, 0) is 17.8 Å². The van der Waals surface area contributed by atoms with Crippen LogP contribution >= 0.6 is 0 Å². The third kappa shape index (κ3) is 5.13. The molecule has 5 rings (SSSR count). The van der Waals surface area contributed by atoms with Crippen LogP contribution in [0.3, 0.4) is 0 Å². The van der Waals surface area contributed by atoms with Gasteiger partial charge in [0.15, 0.2) is 11.5 Å². The Morgan fingerprint density at radius 1 is 0.833 bits per heavy atom. The second-order valence-corrected chi connectivity index (χ2v) is 8.32. The Morgan fingerprint density at radius 2 is 1.47 bits per heavy atom. The summed E-state index contributed by atoms with van der Waals surface area (Å²) in [5.41, 5.74) is 3.81. The number of fused-ring (bicyclic) bond motifs is 1. The zero-order valence-electron chi connectivity index (χ0n) is 20.0. The molecule has 0 unspecified atom stereocenters. The van der Waals surface area contributed by atoms with Crippen LogP contribution in [0.25, 0.3) is 16.9 Å². The Balaban J connectivity index is 1.52. The molecule has 2 heterocycles. The van der Waals surface area contributed by atoms with Gasteiger partial charge in [0, 0.05) is 20.2 Å². The summed E-state index contributed by atoms with van der Waals surface area (Å²) in [5.74, 6) is 1.37. The van der Waals surface area contributed by atoms with E-state index in [1.165, 1.54) is 6.33 Å². The Hall–Kier alpha value is -4.43. The number of aromatic nitrogens is 4. The maximum Gasteiger partial charge on any atom is 0.332 e. The molecule has 0 radical (unpaired) electrons. The molecule has 0 aliphatic heterocycles. The monoisotopic (exact) mass is 481 g/mol. The van der Waals surface area contributed by atoms with Crippen molar-refractivity contribution in [2.75, 3.05) is 25.2 Å². The summed E-state index contributed by atoms with van der Waals surface area (Å²) in [6.07, 6.45) is 1.51. The van der Waals surface area contributed by atoms with Crippen LogP contribution in [-0.4, -0.2) is 39.8 Å². The van der Waals surface area contributed by atoms with E-state index >= 15 is 0 Å². The van der Waals surface area contributed by atoms with E-state index in [1.54, 1.807) is 11.7 Å². The fraction of sp³-hybridized carbons (Fsp3) is 0.179. The van der Waals surface area contributed by atoms with Gasteiger partial charge in [-0.1, -0.05) is 60.7 Å². The summed E-state index contributed by atoms with van der Waals surface area (Å²) in [7, 11) is 1.63. The van der Waals surface area contributed by atoms with E-state index in [4.69, 9.17) is 9.47 Å². The Labute approximate surface area is 208 Å². The molecule has 0 aliphatic carbocycles. The number of anilines is 1. The lowest BCUT2D eigenvalue weighted by Gasteiger charge is -2.24. The first-order chi connectivity index (χ1) is 17.7. The van der Waals surface area contributed by atoms with Crippen molar-refractivity contribution < 1.29 is 9.47 Å². The third-order valence-electron chi connectivity index (χ3n) is 5.84. The average Bonchev–Trinajstić information content (AvgIpc) is 3.26. The molecular formula is C28H27N5O3. The molecule has 8 heteroatoms. The van der Waals surface area contributed by atoms with Crippen molar-refractivity contribution in [1.29, 1.82) is 0 Å². The zero-order valence-corrected chi connectivity index (χ0v) is 20.0. The van der Waals surface area contributed by atoms with Gasteiger partial charge in [-0.2, -0.15) is 0 Å². The van der Waals surface area contributed by atoms with Crippen molar-refractivity contribution in [2.45, 2.75) is 13.1 Å². The number of nitrogens with zero attached hydrogens (tertiary/aromatic N) is 4. The van der Waals surface area contributed by atoms with E-state index in [2.05, 4.69) is 44.1 Å². The molecule has 0 spiro atoms. The van der Waals surface area contributed by atoms with Crippen LogP contribution < -0.4 is 15.3 Å². The van der Waals surface area contributed by atoms with Crippen molar-refractivity contribution in [3.8, 4) is 11.4 Å². The second kappa shape index (κ2) is 10.9. The van der Waals surface area contributed by atoms with Gasteiger partial charge < -0.3 is 19.4 Å². The molecule has 1 N–H and O–H groups in total. The number of hydrogen-bond donors (Lipinski definition) is 1. The number of imidazole rings is 1. The van der Waals surface area contributed by atoms with Gasteiger partial charge in [-0.05, 0) is 35.4 Å². The topological polar surface area (TPSA) is 85.3 Å². The fourth-order valence-corrected chi connectivity index (χ4v) is 4.13. The summed E-state index contributed by atoms with van der Waals surface area (Å²) >= 11 is 0. The maximum atomic E-state index is 13.1. The zero-order chi connectivity index (χ0) is 24.7. The lowest BCUT2D eigenvalue weighted by Crippen LogP contribution is -2.23. The molecule has 36 heavy (non-hydrogen) atoms. The average molecular weight is 482 g/mol. The lowest BCUT2D eigenvalue weighted by atomic mass is 10.1. The first kappa shape index (κ1) is 23.3. The molecule has 0 atom stereocenters. The SMILES string of the molecule is COCCOc1ccc(-n2c(=O)[nH]c3c(N(Cc4ccccc4)Cc4ccccc4)ncnc32)cc1. The summed E-state index contributed by atoms with van der Waals surface area (Å²) in [6, 6.07) is 27.7. The lowest BCUT2D eigenvalue weighted by molar-refractivity contribution is 0.146. The van der Waals surface area contributed by atoms with Crippen molar-refractivity contribution >= 4 is 17.0 Å².